The van der Waals surface area contributed by atoms with E-state index in [4.69, 9.17) is 11.6 Å². The lowest BCUT2D eigenvalue weighted by atomic mass is 10.1. The van der Waals surface area contributed by atoms with Crippen molar-refractivity contribution in [2.45, 2.75) is 6.18 Å². The standard InChI is InChI=1S/C13H13ClF3N7O/c1-23(2)6-18-10-8(13(15,16)17)5-4-7(9(10)14)11(25)19-12-20-21-22-24(12)3/h4-6H,1-3H3,(H,19,20,22,25). The lowest BCUT2D eigenvalue weighted by Gasteiger charge is -2.14. The zero-order valence-corrected chi connectivity index (χ0v) is 14.1. The van der Waals surface area contributed by atoms with Crippen LogP contribution in [0.1, 0.15) is 15.9 Å². The van der Waals surface area contributed by atoms with Crippen molar-refractivity contribution in [2.24, 2.45) is 12.0 Å². The quantitative estimate of drug-likeness (QED) is 0.654. The van der Waals surface area contributed by atoms with Crippen molar-refractivity contribution in [2.75, 3.05) is 19.4 Å². The van der Waals surface area contributed by atoms with Crippen LogP contribution in [0.5, 0.6) is 0 Å². The van der Waals surface area contributed by atoms with E-state index < -0.39 is 28.4 Å². The van der Waals surface area contributed by atoms with Gasteiger partial charge in [0, 0.05) is 21.1 Å². The Morgan fingerprint density at radius 1 is 1.40 bits per heavy atom. The minimum absolute atomic E-state index is 0.0132. The normalized spacial score (nSPS) is 11.8. The van der Waals surface area contributed by atoms with Gasteiger partial charge >= 0.3 is 6.18 Å². The van der Waals surface area contributed by atoms with Crippen LogP contribution in [-0.4, -0.2) is 51.4 Å². The smallest absolute Gasteiger partial charge is 0.369 e. The molecule has 0 saturated carbocycles. The highest BCUT2D eigenvalue weighted by atomic mass is 35.5. The lowest BCUT2D eigenvalue weighted by molar-refractivity contribution is -0.137. The molecule has 1 aromatic carbocycles. The Labute approximate surface area is 145 Å². The van der Waals surface area contributed by atoms with Gasteiger partial charge in [-0.3, -0.25) is 10.1 Å². The van der Waals surface area contributed by atoms with Gasteiger partial charge in [-0.05, 0) is 22.6 Å². The van der Waals surface area contributed by atoms with Crippen LogP contribution in [0, 0.1) is 0 Å². The number of amides is 1. The zero-order valence-electron chi connectivity index (χ0n) is 13.3. The predicted molar refractivity (Wildman–Crippen MR) is 85.0 cm³/mol. The van der Waals surface area contributed by atoms with Crippen molar-refractivity contribution in [3.63, 3.8) is 0 Å². The number of carbonyl (C=O) groups is 1. The highest BCUT2D eigenvalue weighted by molar-refractivity contribution is 6.37. The number of hydrogen-bond acceptors (Lipinski definition) is 5. The summed E-state index contributed by atoms with van der Waals surface area (Å²) in [7, 11) is 4.65. The third-order valence-corrected chi connectivity index (χ3v) is 3.31. The molecule has 0 aliphatic carbocycles. The van der Waals surface area contributed by atoms with E-state index >= 15 is 0 Å². The third kappa shape index (κ3) is 4.24. The summed E-state index contributed by atoms with van der Waals surface area (Å²) in [6.45, 7) is 0. The average Bonchev–Trinajstić information content (AvgIpc) is 2.89. The van der Waals surface area contributed by atoms with Gasteiger partial charge in [-0.1, -0.05) is 16.7 Å². The molecule has 0 fully saturated rings. The minimum atomic E-state index is -4.68. The van der Waals surface area contributed by atoms with Gasteiger partial charge in [0.25, 0.3) is 5.91 Å². The Hall–Kier alpha value is -2.69. The van der Waals surface area contributed by atoms with Crippen molar-refractivity contribution in [3.8, 4) is 0 Å². The number of nitrogens with one attached hydrogen (secondary N) is 1. The van der Waals surface area contributed by atoms with Crippen LogP contribution in [0.25, 0.3) is 0 Å². The van der Waals surface area contributed by atoms with E-state index in [0.29, 0.717) is 0 Å². The fraction of sp³-hybridized carbons (Fsp3) is 0.308. The van der Waals surface area contributed by atoms with E-state index in [1.165, 1.54) is 16.6 Å². The Morgan fingerprint density at radius 3 is 2.60 bits per heavy atom. The van der Waals surface area contributed by atoms with Gasteiger partial charge in [-0.2, -0.15) is 13.2 Å². The number of halogens is 4. The molecule has 2 rings (SSSR count). The molecule has 0 bridgehead atoms. The SMILES string of the molecule is CN(C)C=Nc1c(C(F)(F)F)ccc(C(=O)Nc2nnnn2C)c1Cl. The molecule has 1 aromatic heterocycles. The summed E-state index contributed by atoms with van der Waals surface area (Å²) in [5, 5.41) is 12.4. The average molecular weight is 376 g/mol. The molecule has 0 saturated heterocycles. The number of aliphatic imine (C=N–C) groups is 1. The van der Waals surface area contributed by atoms with Crippen molar-refractivity contribution in [1.82, 2.24) is 25.1 Å². The molecule has 1 N–H and O–H groups in total. The molecule has 134 valence electrons. The number of rotatable bonds is 4. The lowest BCUT2D eigenvalue weighted by Crippen LogP contribution is -2.17. The third-order valence-electron chi connectivity index (χ3n) is 2.93. The summed E-state index contributed by atoms with van der Waals surface area (Å²) in [4.78, 5) is 17.5. The Bertz CT molecular complexity index is 816. The molecule has 0 unspecified atom stereocenters. The number of aromatic nitrogens is 4. The van der Waals surface area contributed by atoms with Crippen molar-refractivity contribution >= 4 is 35.5 Å². The van der Waals surface area contributed by atoms with Crippen LogP contribution in [0.4, 0.5) is 24.8 Å². The number of carbonyl (C=O) groups excluding carboxylic acids is 1. The van der Waals surface area contributed by atoms with E-state index in [2.05, 4.69) is 25.8 Å². The largest absolute Gasteiger partial charge is 0.418 e. The van der Waals surface area contributed by atoms with Gasteiger partial charge in [0.1, 0.15) is 0 Å². The second-order valence-corrected chi connectivity index (χ2v) is 5.49. The summed E-state index contributed by atoms with van der Waals surface area (Å²) in [5.41, 5.74) is -1.79. The van der Waals surface area contributed by atoms with Crippen molar-refractivity contribution < 1.29 is 18.0 Å². The van der Waals surface area contributed by atoms with Crippen molar-refractivity contribution in [1.29, 1.82) is 0 Å². The minimum Gasteiger partial charge on any atom is -0.369 e. The molecule has 1 amide bonds. The fourth-order valence-corrected chi connectivity index (χ4v) is 2.07. The molecule has 8 nitrogen and oxygen atoms in total. The first-order chi connectivity index (χ1) is 11.6. The molecule has 0 aliphatic rings. The second-order valence-electron chi connectivity index (χ2n) is 5.11. The highest BCUT2D eigenvalue weighted by Crippen LogP contribution is 2.41. The molecular weight excluding hydrogens is 363 g/mol. The molecule has 0 aliphatic heterocycles. The van der Waals surface area contributed by atoms with Gasteiger partial charge in [0.05, 0.1) is 28.2 Å². The summed E-state index contributed by atoms with van der Waals surface area (Å²) < 4.78 is 40.7. The summed E-state index contributed by atoms with van der Waals surface area (Å²) in [6.07, 6.45) is -3.52. The number of tetrazole rings is 1. The first kappa shape index (κ1) is 18.6. The van der Waals surface area contributed by atoms with Gasteiger partial charge < -0.3 is 4.90 Å². The molecular formula is C13H13ClF3N7O. The topological polar surface area (TPSA) is 88.3 Å². The monoisotopic (exact) mass is 375 g/mol. The van der Waals surface area contributed by atoms with E-state index in [-0.39, 0.29) is 11.5 Å². The summed E-state index contributed by atoms with van der Waals surface area (Å²) in [6, 6.07) is 1.72. The molecule has 0 atom stereocenters. The number of benzene rings is 1. The van der Waals surface area contributed by atoms with Crippen LogP contribution in [0.3, 0.4) is 0 Å². The van der Waals surface area contributed by atoms with Crippen LogP contribution in [-0.2, 0) is 13.2 Å². The van der Waals surface area contributed by atoms with Crippen molar-refractivity contribution in [3.05, 3.63) is 28.3 Å². The van der Waals surface area contributed by atoms with E-state index in [1.807, 2.05) is 0 Å². The number of aryl methyl sites for hydroxylation is 1. The molecule has 25 heavy (non-hydrogen) atoms. The Morgan fingerprint density at radius 2 is 2.08 bits per heavy atom. The number of hydrogen-bond donors (Lipinski definition) is 1. The zero-order chi connectivity index (χ0) is 18.8. The maximum atomic E-state index is 13.2. The predicted octanol–water partition coefficient (Wildman–Crippen LogP) is 2.36. The van der Waals surface area contributed by atoms with Crippen LogP contribution in [0.15, 0.2) is 17.1 Å². The molecule has 2 aromatic rings. The first-order valence-corrected chi connectivity index (χ1v) is 7.13. The number of alkyl halides is 3. The van der Waals surface area contributed by atoms with Gasteiger partial charge in [-0.15, -0.1) is 0 Å². The summed E-state index contributed by atoms with van der Waals surface area (Å²) >= 11 is 6.03. The Kier molecular flexibility index (Phi) is 5.26. The van der Waals surface area contributed by atoms with E-state index in [0.717, 1.165) is 18.5 Å². The van der Waals surface area contributed by atoms with E-state index in [9.17, 15) is 18.0 Å². The second kappa shape index (κ2) is 7.05. The summed E-state index contributed by atoms with van der Waals surface area (Å²) in [5.74, 6) is -0.753. The van der Waals surface area contributed by atoms with Crippen LogP contribution >= 0.6 is 11.6 Å². The van der Waals surface area contributed by atoms with Gasteiger partial charge in [-0.25, -0.2) is 9.67 Å². The number of nitrogens with zero attached hydrogens (tertiary/aromatic N) is 6. The fourth-order valence-electron chi connectivity index (χ4n) is 1.77. The molecule has 12 heteroatoms. The maximum Gasteiger partial charge on any atom is 0.418 e. The maximum absolute atomic E-state index is 13.2. The highest BCUT2D eigenvalue weighted by Gasteiger charge is 2.35. The van der Waals surface area contributed by atoms with E-state index in [1.54, 1.807) is 14.1 Å². The van der Waals surface area contributed by atoms with Gasteiger partial charge in [0.2, 0.25) is 5.95 Å². The number of anilines is 1. The Balaban J connectivity index is 2.48. The molecule has 1 heterocycles. The first-order valence-electron chi connectivity index (χ1n) is 6.75. The molecule has 0 spiro atoms. The molecule has 0 radical (unpaired) electrons. The van der Waals surface area contributed by atoms with Crippen LogP contribution < -0.4 is 5.32 Å². The van der Waals surface area contributed by atoms with Gasteiger partial charge in [0.15, 0.2) is 0 Å². The van der Waals surface area contributed by atoms with Crippen LogP contribution in [0.2, 0.25) is 5.02 Å².